The molecule has 2 unspecified atom stereocenters. The van der Waals surface area contributed by atoms with E-state index in [0.29, 0.717) is 5.76 Å². The maximum atomic E-state index is 13.0. The molecule has 0 spiro atoms. The minimum atomic E-state index is -0.702. The van der Waals surface area contributed by atoms with Gasteiger partial charge in [-0.15, -0.1) is 0 Å². The first-order valence-corrected chi connectivity index (χ1v) is 9.35. The first-order valence-electron chi connectivity index (χ1n) is 8.97. The molecular formula is C21H20ClN3O4. The highest BCUT2D eigenvalue weighted by Gasteiger charge is 2.25. The lowest BCUT2D eigenvalue weighted by atomic mass is 10.0. The van der Waals surface area contributed by atoms with Crippen molar-refractivity contribution in [2.24, 2.45) is 0 Å². The van der Waals surface area contributed by atoms with E-state index in [-0.39, 0.29) is 28.3 Å². The Hall–Kier alpha value is -3.16. The number of aryl methyl sites for hydroxylation is 1. The molecular weight excluding hydrogens is 394 g/mol. The first kappa shape index (κ1) is 20.6. The number of rotatable bonds is 7. The number of anilines is 1. The zero-order valence-corrected chi connectivity index (χ0v) is 16.6. The molecule has 0 aliphatic carbocycles. The summed E-state index contributed by atoms with van der Waals surface area (Å²) in [5.74, 6) is 1.13. The van der Waals surface area contributed by atoms with Crippen molar-refractivity contribution in [3.8, 4) is 0 Å². The molecule has 3 aromatic rings. The molecule has 0 saturated heterocycles. The van der Waals surface area contributed by atoms with Gasteiger partial charge in [-0.3, -0.25) is 20.2 Å². The second-order valence-electron chi connectivity index (χ2n) is 6.59. The Bertz CT molecular complexity index is 1020. The van der Waals surface area contributed by atoms with Gasteiger partial charge in [0.25, 0.3) is 5.69 Å². The monoisotopic (exact) mass is 413 g/mol. The van der Waals surface area contributed by atoms with Crippen LogP contribution in [0.3, 0.4) is 0 Å². The number of carbonyl (C=O) groups is 1. The summed E-state index contributed by atoms with van der Waals surface area (Å²) in [6.07, 6.45) is 0. The number of nitrogens with one attached hydrogen (secondary N) is 2. The van der Waals surface area contributed by atoms with Crippen LogP contribution in [0.15, 0.2) is 65.1 Å². The van der Waals surface area contributed by atoms with Crippen LogP contribution in [-0.4, -0.2) is 10.8 Å². The summed E-state index contributed by atoms with van der Waals surface area (Å²) in [7, 11) is 0. The van der Waals surface area contributed by atoms with Crippen molar-refractivity contribution < 1.29 is 14.1 Å². The van der Waals surface area contributed by atoms with Gasteiger partial charge in [0.15, 0.2) is 0 Å². The van der Waals surface area contributed by atoms with E-state index in [4.69, 9.17) is 16.0 Å². The molecule has 3 rings (SSSR count). The first-order chi connectivity index (χ1) is 13.8. The van der Waals surface area contributed by atoms with Gasteiger partial charge in [-0.05, 0) is 43.7 Å². The Morgan fingerprint density at radius 3 is 2.48 bits per heavy atom. The van der Waals surface area contributed by atoms with Crippen LogP contribution in [0.5, 0.6) is 0 Å². The molecule has 1 aromatic heterocycles. The van der Waals surface area contributed by atoms with Crippen LogP contribution < -0.4 is 10.6 Å². The molecule has 2 aromatic carbocycles. The Morgan fingerprint density at radius 1 is 1.14 bits per heavy atom. The van der Waals surface area contributed by atoms with E-state index < -0.39 is 11.0 Å². The van der Waals surface area contributed by atoms with Crippen molar-refractivity contribution in [3.63, 3.8) is 0 Å². The Labute approximate surface area is 172 Å². The molecule has 0 fully saturated rings. The molecule has 8 heteroatoms. The van der Waals surface area contributed by atoms with Crippen molar-refractivity contribution in [2.75, 3.05) is 5.32 Å². The number of hydrogen-bond acceptors (Lipinski definition) is 5. The van der Waals surface area contributed by atoms with Crippen LogP contribution in [0.25, 0.3) is 0 Å². The quantitative estimate of drug-likeness (QED) is 0.410. The fraction of sp³-hybridized carbons (Fsp3) is 0.190. The summed E-state index contributed by atoms with van der Waals surface area (Å²) < 4.78 is 5.65. The van der Waals surface area contributed by atoms with E-state index >= 15 is 0 Å². The van der Waals surface area contributed by atoms with Gasteiger partial charge in [-0.1, -0.05) is 41.9 Å². The lowest BCUT2D eigenvalue weighted by Gasteiger charge is -2.22. The highest BCUT2D eigenvalue weighted by atomic mass is 35.5. The average molecular weight is 414 g/mol. The van der Waals surface area contributed by atoms with Gasteiger partial charge in [-0.2, -0.15) is 0 Å². The Morgan fingerprint density at radius 2 is 1.86 bits per heavy atom. The number of halogens is 1. The molecule has 0 aliphatic heterocycles. The molecule has 0 saturated carbocycles. The van der Waals surface area contributed by atoms with Crippen LogP contribution in [0, 0.1) is 17.0 Å². The molecule has 1 amide bonds. The van der Waals surface area contributed by atoms with Gasteiger partial charge in [0.05, 0.1) is 11.0 Å². The predicted octanol–water partition coefficient (Wildman–Crippen LogP) is 5.18. The summed E-state index contributed by atoms with van der Waals surface area (Å²) in [4.78, 5) is 23.6. The highest BCUT2D eigenvalue weighted by Crippen LogP contribution is 2.28. The largest absolute Gasteiger partial charge is 0.465 e. The molecule has 2 N–H and O–H groups in total. The second-order valence-corrected chi connectivity index (χ2v) is 7.00. The van der Waals surface area contributed by atoms with Crippen molar-refractivity contribution in [1.29, 1.82) is 0 Å². The number of furan rings is 1. The zero-order valence-electron chi connectivity index (χ0n) is 15.9. The van der Waals surface area contributed by atoms with Crippen molar-refractivity contribution in [3.05, 3.63) is 92.9 Å². The number of nitro groups is 1. The smallest absolute Gasteiger partial charge is 0.289 e. The normalized spacial score (nSPS) is 12.9. The minimum Gasteiger partial charge on any atom is -0.465 e. The molecule has 2 atom stereocenters. The topological polar surface area (TPSA) is 97.4 Å². The molecule has 7 nitrogen and oxygen atoms in total. The molecule has 150 valence electrons. The lowest BCUT2D eigenvalue weighted by molar-refractivity contribution is -0.384. The van der Waals surface area contributed by atoms with Gasteiger partial charge in [0.2, 0.25) is 5.91 Å². The maximum Gasteiger partial charge on any atom is 0.289 e. The summed E-state index contributed by atoms with van der Waals surface area (Å²) in [5, 5.41) is 17.1. The van der Waals surface area contributed by atoms with Crippen LogP contribution in [-0.2, 0) is 4.79 Å². The lowest BCUT2D eigenvalue weighted by Crippen LogP contribution is -2.34. The van der Waals surface area contributed by atoms with Crippen LogP contribution >= 0.6 is 11.6 Å². The van der Waals surface area contributed by atoms with E-state index in [0.717, 1.165) is 11.3 Å². The van der Waals surface area contributed by atoms with Crippen molar-refractivity contribution in [2.45, 2.75) is 25.9 Å². The van der Waals surface area contributed by atoms with E-state index in [2.05, 4.69) is 10.6 Å². The van der Waals surface area contributed by atoms with E-state index in [1.54, 1.807) is 0 Å². The van der Waals surface area contributed by atoms with Gasteiger partial charge < -0.3 is 9.73 Å². The highest BCUT2D eigenvalue weighted by molar-refractivity contribution is 6.32. The maximum absolute atomic E-state index is 13.0. The Balaban J connectivity index is 1.85. The van der Waals surface area contributed by atoms with Crippen LogP contribution in [0.1, 0.15) is 36.1 Å². The zero-order chi connectivity index (χ0) is 21.0. The third-order valence-electron chi connectivity index (χ3n) is 4.41. The SMILES string of the molecule is Cc1ccc(C(C)NC(C(=O)Nc2ccc(Cl)c([N+](=O)[O-])c2)c2ccccc2)o1. The van der Waals surface area contributed by atoms with Crippen molar-refractivity contribution in [1.82, 2.24) is 5.32 Å². The Kier molecular flexibility index (Phi) is 6.31. The number of benzene rings is 2. The van der Waals surface area contributed by atoms with Crippen molar-refractivity contribution >= 4 is 28.9 Å². The number of carbonyl (C=O) groups excluding carboxylic acids is 1. The second kappa shape index (κ2) is 8.89. The number of amides is 1. The summed E-state index contributed by atoms with van der Waals surface area (Å²) in [6.45, 7) is 3.75. The van der Waals surface area contributed by atoms with E-state index in [1.165, 1.54) is 18.2 Å². The molecule has 1 heterocycles. The minimum absolute atomic E-state index is 0.00699. The summed E-state index contributed by atoms with van der Waals surface area (Å²) >= 11 is 5.85. The molecule has 29 heavy (non-hydrogen) atoms. The molecule has 0 bridgehead atoms. The summed E-state index contributed by atoms with van der Waals surface area (Å²) in [6, 6.07) is 16.1. The average Bonchev–Trinajstić information content (AvgIpc) is 3.14. The van der Waals surface area contributed by atoms with Crippen LogP contribution in [0.2, 0.25) is 5.02 Å². The van der Waals surface area contributed by atoms with Gasteiger partial charge >= 0.3 is 0 Å². The van der Waals surface area contributed by atoms with Gasteiger partial charge in [-0.25, -0.2) is 0 Å². The van der Waals surface area contributed by atoms with Crippen LogP contribution in [0.4, 0.5) is 11.4 Å². The number of hydrogen-bond donors (Lipinski definition) is 2. The fourth-order valence-electron chi connectivity index (χ4n) is 2.93. The number of nitro benzene ring substituents is 1. The molecule has 0 radical (unpaired) electrons. The van der Waals surface area contributed by atoms with E-state index in [9.17, 15) is 14.9 Å². The summed E-state index contributed by atoms with van der Waals surface area (Å²) in [5.41, 5.74) is 0.770. The fourth-order valence-corrected chi connectivity index (χ4v) is 3.12. The molecule has 0 aliphatic rings. The predicted molar refractivity (Wildman–Crippen MR) is 111 cm³/mol. The third kappa shape index (κ3) is 5.01. The van der Waals surface area contributed by atoms with Gasteiger partial charge in [0, 0.05) is 11.8 Å². The van der Waals surface area contributed by atoms with Gasteiger partial charge in [0.1, 0.15) is 22.6 Å². The number of nitrogens with zero attached hydrogens (tertiary/aromatic N) is 1. The van der Waals surface area contributed by atoms with E-state index in [1.807, 2.05) is 56.3 Å². The standard InChI is InChI=1S/C21H20ClN3O4/c1-13-8-11-19(29-13)14(2)23-20(15-6-4-3-5-7-15)21(26)24-16-9-10-17(22)18(12-16)25(27)28/h3-12,14,20,23H,1-2H3,(H,24,26). The third-order valence-corrected chi connectivity index (χ3v) is 4.73.